The summed E-state index contributed by atoms with van der Waals surface area (Å²) in [6.07, 6.45) is 4.21. The first-order chi connectivity index (χ1) is 9.67. The molecular formula is C16H27NO4. The van der Waals surface area contributed by atoms with Gasteiger partial charge in [-0.15, -0.1) is 0 Å². The highest BCUT2D eigenvalue weighted by atomic mass is 16.5. The lowest BCUT2D eigenvalue weighted by molar-refractivity contribution is -0.139. The summed E-state index contributed by atoms with van der Waals surface area (Å²) in [5, 5.41) is 0. The van der Waals surface area contributed by atoms with Gasteiger partial charge in [-0.25, -0.2) is 0 Å². The molecule has 120 valence electrons. The first-order valence-corrected chi connectivity index (χ1v) is 7.48. The van der Waals surface area contributed by atoms with Gasteiger partial charge in [-0.1, -0.05) is 6.92 Å². The number of ether oxygens (including phenoxy) is 2. The van der Waals surface area contributed by atoms with Crippen molar-refractivity contribution >= 4 is 11.8 Å². The molecule has 0 aromatic carbocycles. The lowest BCUT2D eigenvalue weighted by Gasteiger charge is -2.31. The molecule has 0 radical (unpaired) electrons. The van der Waals surface area contributed by atoms with Gasteiger partial charge in [0.1, 0.15) is 0 Å². The summed E-state index contributed by atoms with van der Waals surface area (Å²) < 4.78 is 11.6. The number of nitrogens with zero attached hydrogens (tertiary/aromatic N) is 1. The van der Waals surface area contributed by atoms with E-state index in [4.69, 9.17) is 9.47 Å². The summed E-state index contributed by atoms with van der Waals surface area (Å²) in [5.41, 5.74) is -0.459. The highest BCUT2D eigenvalue weighted by Gasteiger charge is 2.27. The summed E-state index contributed by atoms with van der Waals surface area (Å²) in [4.78, 5) is 24.1. The van der Waals surface area contributed by atoms with Gasteiger partial charge in [0.15, 0.2) is 0 Å². The van der Waals surface area contributed by atoms with Crippen LogP contribution < -0.4 is 0 Å². The molecule has 0 fully saturated rings. The first-order valence-electron chi connectivity index (χ1n) is 7.48. The van der Waals surface area contributed by atoms with Crippen molar-refractivity contribution < 1.29 is 19.1 Å². The molecule has 0 saturated heterocycles. The average molecular weight is 297 g/mol. The largest absolute Gasteiger partial charge is 0.376 e. The number of hydrogen-bond donors (Lipinski definition) is 0. The standard InChI is InChI=1S/C16H27NO4/c1-6-16(5,9-11-20-15(2,3)4)21-12-10-17-13(18)7-8-14(17)19/h7-8H,6,9-12H2,1-5H3. The van der Waals surface area contributed by atoms with Crippen LogP contribution in [-0.4, -0.2) is 47.7 Å². The Kier molecular flexibility index (Phi) is 6.10. The molecule has 1 unspecified atom stereocenters. The monoisotopic (exact) mass is 297 g/mol. The van der Waals surface area contributed by atoms with Crippen molar-refractivity contribution in [3.8, 4) is 0 Å². The fourth-order valence-electron chi connectivity index (χ4n) is 1.96. The van der Waals surface area contributed by atoms with Crippen molar-refractivity contribution in [3.63, 3.8) is 0 Å². The number of imide groups is 1. The van der Waals surface area contributed by atoms with E-state index in [1.165, 1.54) is 17.1 Å². The Balaban J connectivity index is 2.35. The predicted molar refractivity (Wildman–Crippen MR) is 80.8 cm³/mol. The zero-order chi connectivity index (χ0) is 16.1. The highest BCUT2D eigenvalue weighted by molar-refractivity contribution is 6.12. The summed E-state index contributed by atoms with van der Waals surface area (Å²) >= 11 is 0. The molecule has 1 aliphatic heterocycles. The Hall–Kier alpha value is -1.20. The van der Waals surface area contributed by atoms with Gasteiger partial charge in [0.2, 0.25) is 0 Å². The van der Waals surface area contributed by atoms with Crippen LogP contribution in [0.1, 0.15) is 47.5 Å². The number of carbonyl (C=O) groups is 2. The molecule has 0 spiro atoms. The lowest BCUT2D eigenvalue weighted by atomic mass is 9.99. The maximum absolute atomic E-state index is 11.4. The molecule has 0 aromatic rings. The van der Waals surface area contributed by atoms with Crippen LogP contribution in [0.15, 0.2) is 12.2 Å². The molecule has 0 bridgehead atoms. The Labute approximate surface area is 127 Å². The minimum absolute atomic E-state index is 0.158. The molecule has 1 rings (SSSR count). The molecular weight excluding hydrogens is 270 g/mol. The molecule has 1 aliphatic rings. The van der Waals surface area contributed by atoms with Crippen LogP contribution in [0.2, 0.25) is 0 Å². The van der Waals surface area contributed by atoms with Crippen LogP contribution in [0.25, 0.3) is 0 Å². The summed E-state index contributed by atoms with van der Waals surface area (Å²) in [6.45, 7) is 11.4. The molecule has 1 atom stereocenters. The third-order valence-electron chi connectivity index (χ3n) is 3.58. The van der Waals surface area contributed by atoms with Crippen LogP contribution in [0.5, 0.6) is 0 Å². The van der Waals surface area contributed by atoms with Crippen molar-refractivity contribution in [2.75, 3.05) is 19.8 Å². The maximum Gasteiger partial charge on any atom is 0.253 e. The van der Waals surface area contributed by atoms with Gasteiger partial charge in [0.05, 0.1) is 31.0 Å². The van der Waals surface area contributed by atoms with E-state index in [1.807, 2.05) is 27.7 Å². The molecule has 0 N–H and O–H groups in total. The minimum atomic E-state index is -0.301. The SMILES string of the molecule is CCC(C)(CCOC(C)(C)C)OCCN1C(=O)C=CC1=O. The van der Waals surface area contributed by atoms with Crippen molar-refractivity contribution in [1.29, 1.82) is 0 Å². The van der Waals surface area contributed by atoms with Crippen LogP contribution >= 0.6 is 0 Å². The molecule has 1 heterocycles. The smallest absolute Gasteiger partial charge is 0.253 e. The second kappa shape index (κ2) is 7.18. The average Bonchev–Trinajstić information content (AvgIpc) is 2.69. The topological polar surface area (TPSA) is 55.8 Å². The second-order valence-corrected chi connectivity index (χ2v) is 6.52. The van der Waals surface area contributed by atoms with E-state index in [1.54, 1.807) is 0 Å². The summed E-state index contributed by atoms with van der Waals surface area (Å²) in [6, 6.07) is 0. The van der Waals surface area contributed by atoms with Crippen molar-refractivity contribution in [2.24, 2.45) is 0 Å². The predicted octanol–water partition coefficient (Wildman–Crippen LogP) is 2.30. The number of rotatable bonds is 8. The lowest BCUT2D eigenvalue weighted by Crippen LogP contribution is -2.37. The number of carbonyl (C=O) groups excluding carboxylic acids is 2. The van der Waals surface area contributed by atoms with Gasteiger partial charge in [0.25, 0.3) is 11.8 Å². The fourth-order valence-corrected chi connectivity index (χ4v) is 1.96. The summed E-state index contributed by atoms with van der Waals surface area (Å²) in [7, 11) is 0. The number of amides is 2. The maximum atomic E-state index is 11.4. The Morgan fingerprint density at radius 1 is 1.00 bits per heavy atom. The number of hydrogen-bond acceptors (Lipinski definition) is 4. The van der Waals surface area contributed by atoms with Gasteiger partial charge in [-0.05, 0) is 40.5 Å². The third kappa shape index (κ3) is 5.98. The molecule has 2 amide bonds. The molecule has 0 aromatic heterocycles. The van der Waals surface area contributed by atoms with Crippen molar-refractivity contribution in [2.45, 2.75) is 58.7 Å². The summed E-state index contributed by atoms with van der Waals surface area (Å²) in [5.74, 6) is -0.532. The molecule has 21 heavy (non-hydrogen) atoms. The van der Waals surface area contributed by atoms with Crippen molar-refractivity contribution in [3.05, 3.63) is 12.2 Å². The zero-order valence-electron chi connectivity index (χ0n) is 13.8. The minimum Gasteiger partial charge on any atom is -0.376 e. The van der Waals surface area contributed by atoms with Gasteiger partial charge in [0, 0.05) is 12.2 Å². The Morgan fingerprint density at radius 2 is 1.57 bits per heavy atom. The zero-order valence-corrected chi connectivity index (χ0v) is 13.8. The van der Waals surface area contributed by atoms with E-state index in [9.17, 15) is 9.59 Å². The first kappa shape index (κ1) is 17.9. The van der Waals surface area contributed by atoms with E-state index < -0.39 is 0 Å². The third-order valence-corrected chi connectivity index (χ3v) is 3.58. The van der Waals surface area contributed by atoms with Crippen molar-refractivity contribution in [1.82, 2.24) is 4.90 Å². The van der Waals surface area contributed by atoms with Crippen LogP contribution in [0, 0.1) is 0 Å². The quantitative estimate of drug-likeness (QED) is 0.645. The fraction of sp³-hybridized carbons (Fsp3) is 0.750. The van der Waals surface area contributed by atoms with Gasteiger partial charge >= 0.3 is 0 Å². The van der Waals surface area contributed by atoms with E-state index >= 15 is 0 Å². The highest BCUT2D eigenvalue weighted by Crippen LogP contribution is 2.21. The van der Waals surface area contributed by atoms with Crippen LogP contribution in [0.4, 0.5) is 0 Å². The van der Waals surface area contributed by atoms with E-state index in [0.29, 0.717) is 19.8 Å². The van der Waals surface area contributed by atoms with Gasteiger partial charge in [-0.3, -0.25) is 14.5 Å². The Bertz CT molecular complexity index is 393. The molecule has 0 aliphatic carbocycles. The molecule has 5 heteroatoms. The van der Waals surface area contributed by atoms with E-state index in [0.717, 1.165) is 12.8 Å². The van der Waals surface area contributed by atoms with Crippen LogP contribution in [0.3, 0.4) is 0 Å². The van der Waals surface area contributed by atoms with Crippen LogP contribution in [-0.2, 0) is 19.1 Å². The molecule has 5 nitrogen and oxygen atoms in total. The van der Waals surface area contributed by atoms with Gasteiger partial charge < -0.3 is 9.47 Å². The molecule has 0 saturated carbocycles. The normalized spacial score (nSPS) is 18.4. The Morgan fingerprint density at radius 3 is 2.05 bits per heavy atom. The van der Waals surface area contributed by atoms with E-state index in [-0.39, 0.29) is 23.0 Å². The van der Waals surface area contributed by atoms with E-state index in [2.05, 4.69) is 6.92 Å². The van der Waals surface area contributed by atoms with Gasteiger partial charge in [-0.2, -0.15) is 0 Å². The second-order valence-electron chi connectivity index (χ2n) is 6.52.